The second kappa shape index (κ2) is 11.5. The highest BCUT2D eigenvalue weighted by molar-refractivity contribution is 5.97. The molecule has 0 heterocycles. The molecule has 0 spiro atoms. The molecule has 2 aromatic rings. The van der Waals surface area contributed by atoms with E-state index >= 15 is 0 Å². The zero-order chi connectivity index (χ0) is 21.1. The molecule has 2 rings (SSSR count). The molecule has 0 aromatic heterocycles. The molecule has 0 fully saturated rings. The molecule has 2 aromatic carbocycles. The van der Waals surface area contributed by atoms with E-state index in [1.807, 2.05) is 5.43 Å². The molecule has 6 N–H and O–H groups in total. The maximum absolute atomic E-state index is 12.2. The highest BCUT2D eigenvalue weighted by Gasteiger charge is 2.09. The van der Waals surface area contributed by atoms with Crippen LogP contribution in [-0.2, 0) is 11.3 Å². The van der Waals surface area contributed by atoms with Crippen LogP contribution in [0.4, 0.5) is 0 Å². The van der Waals surface area contributed by atoms with Crippen LogP contribution < -0.4 is 21.9 Å². The van der Waals surface area contributed by atoms with Gasteiger partial charge < -0.3 is 20.5 Å². The smallest absolute Gasteiger partial charge is 0.265 e. The summed E-state index contributed by atoms with van der Waals surface area (Å²) in [6.07, 6.45) is 0. The topological polar surface area (TPSA) is 143 Å². The highest BCUT2D eigenvalue weighted by atomic mass is 16.5. The van der Waals surface area contributed by atoms with E-state index in [1.54, 1.807) is 24.3 Å². The number of amides is 3. The lowest BCUT2D eigenvalue weighted by Gasteiger charge is -2.08. The van der Waals surface area contributed by atoms with Gasteiger partial charge in [-0.25, -0.2) is 5.84 Å². The van der Waals surface area contributed by atoms with Crippen molar-refractivity contribution in [3.05, 3.63) is 70.8 Å². The third kappa shape index (κ3) is 7.00. The number of nitrogens with one attached hydrogen (secondary N) is 3. The van der Waals surface area contributed by atoms with Gasteiger partial charge in [0.05, 0.1) is 19.8 Å². The van der Waals surface area contributed by atoms with Gasteiger partial charge in [0.2, 0.25) is 0 Å². The van der Waals surface area contributed by atoms with Crippen LogP contribution in [0.5, 0.6) is 0 Å². The molecular formula is C20H24N4O5. The van der Waals surface area contributed by atoms with Gasteiger partial charge in [-0.1, -0.05) is 12.1 Å². The Morgan fingerprint density at radius 2 is 1.31 bits per heavy atom. The van der Waals surface area contributed by atoms with Crippen LogP contribution in [0, 0.1) is 0 Å². The fourth-order valence-corrected chi connectivity index (χ4v) is 2.42. The number of nitrogens with two attached hydrogens (primary N) is 1. The molecule has 154 valence electrons. The summed E-state index contributed by atoms with van der Waals surface area (Å²) in [5.74, 6) is 4.13. The zero-order valence-electron chi connectivity index (χ0n) is 15.8. The number of benzene rings is 2. The third-order valence-corrected chi connectivity index (χ3v) is 3.98. The van der Waals surface area contributed by atoms with Crippen molar-refractivity contribution in [2.45, 2.75) is 6.54 Å². The Morgan fingerprint density at radius 1 is 0.793 bits per heavy atom. The van der Waals surface area contributed by atoms with E-state index in [1.165, 1.54) is 24.3 Å². The number of aliphatic hydroxyl groups excluding tert-OH is 1. The molecule has 9 nitrogen and oxygen atoms in total. The van der Waals surface area contributed by atoms with Gasteiger partial charge in [-0.2, -0.15) is 0 Å². The van der Waals surface area contributed by atoms with E-state index in [0.29, 0.717) is 36.4 Å². The summed E-state index contributed by atoms with van der Waals surface area (Å²) in [6, 6.07) is 13.0. The first kappa shape index (κ1) is 22.0. The number of aliphatic hydroxyl groups is 1. The summed E-state index contributed by atoms with van der Waals surface area (Å²) in [4.78, 5) is 35.6. The van der Waals surface area contributed by atoms with E-state index < -0.39 is 5.91 Å². The minimum atomic E-state index is -0.432. The normalized spacial score (nSPS) is 10.3. The number of ether oxygens (including phenoxy) is 1. The Balaban J connectivity index is 1.81. The number of carbonyl (C=O) groups is 3. The van der Waals surface area contributed by atoms with Gasteiger partial charge in [-0.3, -0.25) is 19.8 Å². The van der Waals surface area contributed by atoms with Crippen LogP contribution in [-0.4, -0.2) is 49.2 Å². The van der Waals surface area contributed by atoms with Crippen LogP contribution >= 0.6 is 0 Å². The number of hydrogen-bond donors (Lipinski definition) is 5. The molecule has 0 aliphatic carbocycles. The molecule has 0 atom stereocenters. The molecule has 0 bridgehead atoms. The molecule has 0 saturated carbocycles. The molecule has 3 amide bonds. The lowest BCUT2D eigenvalue weighted by Crippen LogP contribution is -2.30. The molecule has 0 unspecified atom stereocenters. The standard InChI is InChI=1S/C20H24N4O5/c21-24-20(28)17-7-5-16(6-8-17)19(27)23-13-14-1-3-15(4-2-14)18(26)22-9-11-29-12-10-25/h1-8,25H,9-13,21H2,(H,22,26)(H,23,27)(H,24,28). The molecule has 0 aliphatic rings. The lowest BCUT2D eigenvalue weighted by molar-refractivity contribution is 0.0837. The van der Waals surface area contributed by atoms with Crippen LogP contribution in [0.1, 0.15) is 36.6 Å². The van der Waals surface area contributed by atoms with Crippen LogP contribution in [0.2, 0.25) is 0 Å². The van der Waals surface area contributed by atoms with Crippen LogP contribution in [0.3, 0.4) is 0 Å². The fourth-order valence-electron chi connectivity index (χ4n) is 2.42. The first-order chi connectivity index (χ1) is 14.0. The predicted molar refractivity (Wildman–Crippen MR) is 106 cm³/mol. The minimum absolute atomic E-state index is 0.0529. The average Bonchev–Trinajstić information content (AvgIpc) is 2.77. The third-order valence-electron chi connectivity index (χ3n) is 3.98. The van der Waals surface area contributed by atoms with Gasteiger partial charge in [-0.05, 0) is 42.0 Å². The first-order valence-electron chi connectivity index (χ1n) is 9.00. The molecule has 29 heavy (non-hydrogen) atoms. The Bertz CT molecular complexity index is 822. The van der Waals surface area contributed by atoms with Crippen molar-refractivity contribution in [2.24, 2.45) is 5.84 Å². The van der Waals surface area contributed by atoms with Crippen molar-refractivity contribution >= 4 is 17.7 Å². The Morgan fingerprint density at radius 3 is 1.86 bits per heavy atom. The second-order valence-electron chi connectivity index (χ2n) is 6.02. The van der Waals surface area contributed by atoms with Crippen molar-refractivity contribution in [3.63, 3.8) is 0 Å². The summed E-state index contributed by atoms with van der Waals surface area (Å²) in [7, 11) is 0. The van der Waals surface area contributed by atoms with E-state index in [2.05, 4.69) is 10.6 Å². The Hall–Kier alpha value is -3.27. The number of hydrogen-bond acceptors (Lipinski definition) is 6. The Kier molecular flexibility index (Phi) is 8.77. The number of hydrazine groups is 1. The SMILES string of the molecule is NNC(=O)c1ccc(C(=O)NCc2ccc(C(=O)NCCOCCO)cc2)cc1. The second-order valence-corrected chi connectivity index (χ2v) is 6.02. The summed E-state index contributed by atoms with van der Waals surface area (Å²) in [5, 5.41) is 14.1. The zero-order valence-corrected chi connectivity index (χ0v) is 15.8. The molecule has 0 aliphatic heterocycles. The number of nitrogen functional groups attached to an aromatic ring is 1. The Labute approximate surface area is 168 Å². The fraction of sp³-hybridized carbons (Fsp3) is 0.250. The van der Waals surface area contributed by atoms with Gasteiger partial charge in [0, 0.05) is 29.8 Å². The maximum Gasteiger partial charge on any atom is 0.265 e. The molecule has 0 saturated heterocycles. The molecular weight excluding hydrogens is 376 g/mol. The maximum atomic E-state index is 12.2. The quantitative estimate of drug-likeness (QED) is 0.164. The summed E-state index contributed by atoms with van der Waals surface area (Å²) in [5.41, 5.74) is 4.13. The predicted octanol–water partition coefficient (Wildman–Crippen LogP) is -0.0412. The molecule has 0 radical (unpaired) electrons. The number of carbonyl (C=O) groups excluding carboxylic acids is 3. The van der Waals surface area contributed by atoms with Gasteiger partial charge in [0.15, 0.2) is 0 Å². The van der Waals surface area contributed by atoms with E-state index in [9.17, 15) is 14.4 Å². The van der Waals surface area contributed by atoms with Gasteiger partial charge >= 0.3 is 0 Å². The van der Waals surface area contributed by atoms with E-state index in [4.69, 9.17) is 15.7 Å². The van der Waals surface area contributed by atoms with Crippen LogP contribution in [0.15, 0.2) is 48.5 Å². The largest absolute Gasteiger partial charge is 0.394 e. The van der Waals surface area contributed by atoms with Gasteiger partial charge in [0.1, 0.15) is 0 Å². The first-order valence-corrected chi connectivity index (χ1v) is 9.00. The van der Waals surface area contributed by atoms with Gasteiger partial charge in [0.25, 0.3) is 17.7 Å². The number of rotatable bonds is 10. The van der Waals surface area contributed by atoms with Crippen molar-refractivity contribution in [1.29, 1.82) is 0 Å². The summed E-state index contributed by atoms with van der Waals surface area (Å²) < 4.78 is 5.07. The van der Waals surface area contributed by atoms with E-state index in [0.717, 1.165) is 5.56 Å². The van der Waals surface area contributed by atoms with E-state index in [-0.39, 0.29) is 25.0 Å². The van der Waals surface area contributed by atoms with Crippen molar-refractivity contribution in [1.82, 2.24) is 16.1 Å². The monoisotopic (exact) mass is 400 g/mol. The van der Waals surface area contributed by atoms with Gasteiger partial charge in [-0.15, -0.1) is 0 Å². The molecule has 9 heteroatoms. The summed E-state index contributed by atoms with van der Waals surface area (Å²) in [6.45, 7) is 1.16. The van der Waals surface area contributed by atoms with Crippen molar-refractivity contribution in [3.8, 4) is 0 Å². The lowest BCUT2D eigenvalue weighted by atomic mass is 10.1. The van der Waals surface area contributed by atoms with Crippen molar-refractivity contribution < 1.29 is 24.2 Å². The highest BCUT2D eigenvalue weighted by Crippen LogP contribution is 2.07. The van der Waals surface area contributed by atoms with Crippen molar-refractivity contribution in [2.75, 3.05) is 26.4 Å². The van der Waals surface area contributed by atoms with Crippen LogP contribution in [0.25, 0.3) is 0 Å². The summed E-state index contributed by atoms with van der Waals surface area (Å²) >= 11 is 0. The average molecular weight is 400 g/mol. The minimum Gasteiger partial charge on any atom is -0.394 e.